The monoisotopic (exact) mass is 264 g/mol. The van der Waals surface area contributed by atoms with E-state index in [0.717, 1.165) is 44.3 Å². The van der Waals surface area contributed by atoms with Gasteiger partial charge in [0, 0.05) is 6.42 Å². The molecule has 0 radical (unpaired) electrons. The van der Waals surface area contributed by atoms with Gasteiger partial charge in [-0.25, -0.2) is 0 Å². The normalized spacial score (nSPS) is 10.4. The average molecular weight is 264 g/mol. The molecule has 0 aliphatic carbocycles. The molecule has 0 amide bonds. The molecule has 0 atom stereocenters. The fourth-order valence-electron chi connectivity index (χ4n) is 1.96. The number of rotatable bonds is 10. The number of hydrogen-bond acceptors (Lipinski definition) is 2. The molecule has 3 heteroatoms. The Hall–Kier alpha value is -1.51. The number of aryl methyl sites for hydroxylation is 1. The Bertz CT molecular complexity index is 357. The summed E-state index contributed by atoms with van der Waals surface area (Å²) < 4.78 is 5.65. The first-order valence-corrected chi connectivity index (χ1v) is 7.16. The van der Waals surface area contributed by atoms with Crippen molar-refractivity contribution in [2.45, 2.75) is 51.9 Å². The van der Waals surface area contributed by atoms with E-state index < -0.39 is 5.97 Å². The molecular formula is C16H24O3. The Morgan fingerprint density at radius 1 is 1.11 bits per heavy atom. The van der Waals surface area contributed by atoms with Crippen LogP contribution in [0.3, 0.4) is 0 Å². The summed E-state index contributed by atoms with van der Waals surface area (Å²) in [6, 6.07) is 8.28. The van der Waals surface area contributed by atoms with Crippen LogP contribution in [0.5, 0.6) is 5.75 Å². The summed E-state index contributed by atoms with van der Waals surface area (Å²) in [4.78, 5) is 10.3. The van der Waals surface area contributed by atoms with Crippen molar-refractivity contribution in [3.8, 4) is 5.75 Å². The first-order chi connectivity index (χ1) is 9.22. The fourth-order valence-corrected chi connectivity index (χ4v) is 1.96. The third kappa shape index (κ3) is 7.50. The van der Waals surface area contributed by atoms with Crippen LogP contribution in [0.1, 0.15) is 51.0 Å². The third-order valence-electron chi connectivity index (χ3n) is 3.02. The van der Waals surface area contributed by atoms with Crippen molar-refractivity contribution >= 4 is 5.97 Å². The Morgan fingerprint density at radius 3 is 2.42 bits per heavy atom. The van der Waals surface area contributed by atoms with E-state index in [9.17, 15) is 4.79 Å². The van der Waals surface area contributed by atoms with E-state index in [1.165, 1.54) is 5.56 Å². The number of ether oxygens (including phenoxy) is 1. The van der Waals surface area contributed by atoms with E-state index in [4.69, 9.17) is 9.84 Å². The zero-order valence-electron chi connectivity index (χ0n) is 11.7. The Morgan fingerprint density at radius 2 is 1.79 bits per heavy atom. The highest BCUT2D eigenvalue weighted by Crippen LogP contribution is 2.14. The Kier molecular flexibility index (Phi) is 7.71. The molecule has 1 aromatic rings. The van der Waals surface area contributed by atoms with E-state index in [-0.39, 0.29) is 6.42 Å². The van der Waals surface area contributed by atoms with Crippen LogP contribution in [-0.4, -0.2) is 17.7 Å². The first kappa shape index (κ1) is 15.5. The number of unbranched alkanes of at least 4 members (excludes halogenated alkanes) is 3. The van der Waals surface area contributed by atoms with Gasteiger partial charge in [-0.3, -0.25) is 4.79 Å². The number of carboxylic acid groups (broad SMARTS) is 1. The van der Waals surface area contributed by atoms with E-state index in [0.29, 0.717) is 6.61 Å². The summed E-state index contributed by atoms with van der Waals surface area (Å²) in [5.74, 6) is 0.216. The smallest absolute Gasteiger partial charge is 0.303 e. The van der Waals surface area contributed by atoms with Crippen LogP contribution in [0, 0.1) is 0 Å². The van der Waals surface area contributed by atoms with Crippen molar-refractivity contribution < 1.29 is 14.6 Å². The quantitative estimate of drug-likeness (QED) is 0.648. The molecule has 19 heavy (non-hydrogen) atoms. The number of hydrogen-bond donors (Lipinski definition) is 1. The minimum Gasteiger partial charge on any atom is -0.494 e. The molecule has 0 unspecified atom stereocenters. The zero-order chi connectivity index (χ0) is 13.9. The van der Waals surface area contributed by atoms with Gasteiger partial charge in [0.25, 0.3) is 0 Å². The van der Waals surface area contributed by atoms with Crippen LogP contribution in [0.4, 0.5) is 0 Å². The van der Waals surface area contributed by atoms with E-state index in [1.54, 1.807) is 0 Å². The summed E-state index contributed by atoms with van der Waals surface area (Å²) in [6.45, 7) is 2.88. The summed E-state index contributed by atoms with van der Waals surface area (Å²) in [7, 11) is 0. The maximum Gasteiger partial charge on any atom is 0.303 e. The minimum atomic E-state index is -0.705. The van der Waals surface area contributed by atoms with Crippen molar-refractivity contribution in [3.05, 3.63) is 29.8 Å². The molecule has 0 bridgehead atoms. The summed E-state index contributed by atoms with van der Waals surface area (Å²) in [6.07, 6.45) is 6.30. The lowest BCUT2D eigenvalue weighted by Crippen LogP contribution is -1.98. The lowest BCUT2D eigenvalue weighted by molar-refractivity contribution is -0.137. The highest BCUT2D eigenvalue weighted by atomic mass is 16.5. The summed E-state index contributed by atoms with van der Waals surface area (Å²) in [5, 5.41) is 8.50. The number of carboxylic acids is 1. The molecule has 0 spiro atoms. The zero-order valence-corrected chi connectivity index (χ0v) is 11.7. The summed E-state index contributed by atoms with van der Waals surface area (Å²) >= 11 is 0. The van der Waals surface area contributed by atoms with Crippen molar-refractivity contribution in [1.82, 2.24) is 0 Å². The predicted octanol–water partition coefficient (Wildman–Crippen LogP) is 4.05. The van der Waals surface area contributed by atoms with Gasteiger partial charge in [0.15, 0.2) is 0 Å². The lowest BCUT2D eigenvalue weighted by Gasteiger charge is -2.07. The van der Waals surface area contributed by atoms with E-state index in [1.807, 2.05) is 12.1 Å². The molecule has 1 aromatic carbocycles. The van der Waals surface area contributed by atoms with Crippen molar-refractivity contribution in [1.29, 1.82) is 0 Å². The molecule has 1 rings (SSSR count). The van der Waals surface area contributed by atoms with Crippen molar-refractivity contribution in [3.63, 3.8) is 0 Å². The van der Waals surface area contributed by atoms with Crippen LogP contribution in [0.15, 0.2) is 24.3 Å². The third-order valence-corrected chi connectivity index (χ3v) is 3.02. The largest absolute Gasteiger partial charge is 0.494 e. The van der Waals surface area contributed by atoms with Crippen LogP contribution >= 0.6 is 0 Å². The minimum absolute atomic E-state index is 0.278. The predicted molar refractivity (Wildman–Crippen MR) is 76.7 cm³/mol. The van der Waals surface area contributed by atoms with Crippen LogP contribution in [0.2, 0.25) is 0 Å². The van der Waals surface area contributed by atoms with Gasteiger partial charge < -0.3 is 9.84 Å². The number of aliphatic carboxylic acids is 1. The topological polar surface area (TPSA) is 46.5 Å². The molecule has 3 nitrogen and oxygen atoms in total. The molecule has 0 aliphatic heterocycles. The molecule has 0 aliphatic rings. The maximum absolute atomic E-state index is 10.3. The second kappa shape index (κ2) is 9.42. The van der Waals surface area contributed by atoms with Crippen molar-refractivity contribution in [2.75, 3.05) is 6.61 Å². The van der Waals surface area contributed by atoms with Crippen molar-refractivity contribution in [2.24, 2.45) is 0 Å². The van der Waals surface area contributed by atoms with Gasteiger partial charge in [-0.05, 0) is 37.0 Å². The highest BCUT2D eigenvalue weighted by molar-refractivity contribution is 5.66. The standard InChI is InChI=1S/C16H24O3/c1-2-7-14-9-11-15(12-10-14)19-13-6-4-3-5-8-16(17)18/h9-12H,2-8,13H2,1H3,(H,17,18). The number of carbonyl (C=O) groups is 1. The van der Waals surface area contributed by atoms with Gasteiger partial charge in [0.2, 0.25) is 0 Å². The molecule has 106 valence electrons. The molecule has 1 N–H and O–H groups in total. The first-order valence-electron chi connectivity index (χ1n) is 7.16. The van der Waals surface area contributed by atoms with Crippen LogP contribution in [0.25, 0.3) is 0 Å². The average Bonchev–Trinajstić information content (AvgIpc) is 2.39. The van der Waals surface area contributed by atoms with Gasteiger partial charge in [-0.2, -0.15) is 0 Å². The van der Waals surface area contributed by atoms with E-state index in [2.05, 4.69) is 19.1 Å². The molecule has 0 saturated heterocycles. The Labute approximate surface area is 115 Å². The summed E-state index contributed by atoms with van der Waals surface area (Å²) in [5.41, 5.74) is 1.35. The van der Waals surface area contributed by atoms with Gasteiger partial charge in [-0.1, -0.05) is 38.3 Å². The fraction of sp³-hybridized carbons (Fsp3) is 0.562. The number of benzene rings is 1. The second-order valence-electron chi connectivity index (χ2n) is 4.80. The Balaban J connectivity index is 2.07. The van der Waals surface area contributed by atoms with Crippen LogP contribution in [-0.2, 0) is 11.2 Å². The molecule has 0 heterocycles. The SMILES string of the molecule is CCCc1ccc(OCCCCCCC(=O)O)cc1. The molecular weight excluding hydrogens is 240 g/mol. The highest BCUT2D eigenvalue weighted by Gasteiger charge is 1.98. The van der Waals surface area contributed by atoms with Gasteiger partial charge in [0.1, 0.15) is 5.75 Å². The maximum atomic E-state index is 10.3. The van der Waals surface area contributed by atoms with Gasteiger partial charge >= 0.3 is 5.97 Å². The van der Waals surface area contributed by atoms with Gasteiger partial charge in [0.05, 0.1) is 6.61 Å². The van der Waals surface area contributed by atoms with Crippen LogP contribution < -0.4 is 4.74 Å². The lowest BCUT2D eigenvalue weighted by atomic mass is 10.1. The molecule has 0 saturated carbocycles. The van der Waals surface area contributed by atoms with E-state index >= 15 is 0 Å². The second-order valence-corrected chi connectivity index (χ2v) is 4.80. The molecule has 0 fully saturated rings. The molecule has 0 aromatic heterocycles. The van der Waals surface area contributed by atoms with Gasteiger partial charge in [-0.15, -0.1) is 0 Å².